The van der Waals surface area contributed by atoms with Gasteiger partial charge in [-0.2, -0.15) is 13.2 Å². The Labute approximate surface area is 682 Å². The molecule has 0 unspecified atom stereocenters. The summed E-state index contributed by atoms with van der Waals surface area (Å²) in [6.07, 6.45) is 3.84. The number of nitrogens with zero attached hydrogens (tertiary/aromatic N) is 10. The predicted octanol–water partition coefficient (Wildman–Crippen LogP) is 13.0. The van der Waals surface area contributed by atoms with Crippen LogP contribution in [0.2, 0.25) is 0 Å². The Morgan fingerprint density at radius 2 is 0.762 bits per heavy atom. The smallest absolute Gasteiger partial charge is 0.432 e. The quantitative estimate of drug-likeness (QED) is 0.0197. The highest BCUT2D eigenvalue weighted by atomic mass is 19.4. The fourth-order valence-electron chi connectivity index (χ4n) is 10.8. The number of likely N-dealkylation sites (tertiary alicyclic amines) is 1. The molecule has 14 aromatic rings. The number of carboxylic acid groups (broad SMARTS) is 2. The number of esters is 2. The van der Waals surface area contributed by atoms with Crippen LogP contribution in [-0.2, 0) is 15.7 Å². The molecule has 0 spiro atoms. The largest absolute Gasteiger partial charge is 0.477 e. The molecule has 0 saturated carbocycles. The summed E-state index contributed by atoms with van der Waals surface area (Å²) in [4.78, 5) is 112. The molecule has 1 fully saturated rings. The van der Waals surface area contributed by atoms with Gasteiger partial charge in [-0.3, -0.25) is 14.4 Å². The highest BCUT2D eigenvalue weighted by Gasteiger charge is 2.36. The number of aromatic carboxylic acids is 2. The lowest BCUT2D eigenvalue weighted by atomic mass is 9.91. The molecule has 1 saturated heterocycles. The second kappa shape index (κ2) is 41.3. The van der Waals surface area contributed by atoms with E-state index in [1.165, 1.54) is 209 Å². The van der Waals surface area contributed by atoms with Crippen molar-refractivity contribution in [3.05, 3.63) is 323 Å². The topological polar surface area (TPSA) is 431 Å². The summed E-state index contributed by atoms with van der Waals surface area (Å²) in [6.45, 7) is 0.569. The first-order valence-electron chi connectivity index (χ1n) is 35.3. The fraction of sp³-hybridized carbons (Fsp3) is 0.110. The number of piperidine rings is 1. The van der Waals surface area contributed by atoms with E-state index < -0.39 is 64.7 Å². The molecule has 40 heteroatoms. The number of halogens is 11. The second-order valence-electron chi connectivity index (χ2n) is 25.5. The summed E-state index contributed by atoms with van der Waals surface area (Å²) in [5.41, 5.74) is 2.59. The van der Waals surface area contributed by atoms with Crippen LogP contribution in [0.5, 0.6) is 0 Å². The summed E-state index contributed by atoms with van der Waals surface area (Å²) in [5, 5.41) is 31.0. The van der Waals surface area contributed by atoms with Crippen molar-refractivity contribution in [3.63, 3.8) is 0 Å². The number of carboxylic acids is 2. The summed E-state index contributed by atoms with van der Waals surface area (Å²) in [7, 11) is 2.55. The van der Waals surface area contributed by atoms with Gasteiger partial charge in [0.05, 0.1) is 57.0 Å². The maximum atomic E-state index is 13.1. The van der Waals surface area contributed by atoms with Gasteiger partial charge < -0.3 is 67.5 Å². The van der Waals surface area contributed by atoms with Crippen molar-refractivity contribution in [2.45, 2.75) is 24.6 Å². The number of amides is 2. The third kappa shape index (κ3) is 24.6. The van der Waals surface area contributed by atoms with E-state index >= 15 is 0 Å². The number of hydrogen-bond acceptors (Lipinski definition) is 19. The number of methoxy groups -OCH3 is 2. The average molecular weight is 1690 g/mol. The standard InChI is InChI=1S/C23H23F2N5O3.C11H10FN3O2.C11H9FN2O2.C10H6F4N2.C10H8FN3O2.C10H7FN2O2.C7H5FO/c24-17-5-1-15(2-6-17)20-27-13-19(30(20)26)21(31)28-14-23(33)9-11-29(12-10-23)22(32)16-3-7-18(25)8-4-16;1-17-11(16)9-6-14-10(15(9)13)7-2-4-8(12)5-3-7;1-16-11(15)9-6-13-10(14-9)7-2-4-8(12)5-3-7;11-7-3-1-6(2-4-7)9-15-5-8(16-9)10(12,13)14;11-7-3-1-6(2-4-7)9-13-5-8(10(15)16)14(9)12;11-7-3-1-6(2-4-7)9-12-5-8(13-9)10(14)15;8-7-3-1-6(5-9)2-4-7/h1-8,13,33H,9-12,14,26H2,(H,28,31);2-6H,13H2,1H3;2-6H,1H3,(H,13,14);1-5H,(H,15,16);1-5H,12H2,(H,15,16);1-5H,(H,12,13)(H,14,15);1-5H. The van der Waals surface area contributed by atoms with Crippen LogP contribution in [0.15, 0.2) is 231 Å². The zero-order valence-corrected chi connectivity index (χ0v) is 63.4. The molecule has 13 N–H and O–H groups in total. The molecule has 15 rings (SSSR count). The number of benzene rings is 8. The number of aldehydes is 1. The first-order valence-corrected chi connectivity index (χ1v) is 35.3. The van der Waals surface area contributed by atoms with E-state index in [9.17, 15) is 87.0 Å². The number of nitrogens with one attached hydrogen (secondary N) is 4. The van der Waals surface area contributed by atoms with Gasteiger partial charge in [0.15, 0.2) is 28.9 Å². The minimum absolute atomic E-state index is 0.00863. The Kier molecular flexibility index (Phi) is 30.5. The van der Waals surface area contributed by atoms with Gasteiger partial charge in [0.1, 0.15) is 93.1 Å². The number of hydrogen-bond donors (Lipinski definition) is 10. The van der Waals surface area contributed by atoms with Gasteiger partial charge in [0, 0.05) is 64.1 Å². The third-order valence-corrected chi connectivity index (χ3v) is 17.2. The van der Waals surface area contributed by atoms with Crippen molar-refractivity contribution < 1.29 is 107 Å². The number of carbonyl (C=O) groups excluding carboxylic acids is 5. The number of ether oxygens (including phenoxy) is 2. The highest BCUT2D eigenvalue weighted by molar-refractivity contribution is 5.95. The lowest BCUT2D eigenvalue weighted by molar-refractivity contribution is -0.140. The van der Waals surface area contributed by atoms with Gasteiger partial charge in [0.2, 0.25) is 0 Å². The summed E-state index contributed by atoms with van der Waals surface area (Å²) >= 11 is 0. The fourth-order valence-corrected chi connectivity index (χ4v) is 10.8. The Balaban J connectivity index is 0.000000167. The highest BCUT2D eigenvalue weighted by Crippen LogP contribution is 2.31. The van der Waals surface area contributed by atoms with E-state index in [1.807, 2.05) is 0 Å². The van der Waals surface area contributed by atoms with Crippen molar-refractivity contribution in [1.29, 1.82) is 0 Å². The van der Waals surface area contributed by atoms with Gasteiger partial charge in [-0.15, -0.1) is 0 Å². The Morgan fingerprint density at radius 3 is 1.11 bits per heavy atom. The molecule has 7 heterocycles. The summed E-state index contributed by atoms with van der Waals surface area (Å²) in [6, 6.07) is 43.8. The number of carbonyl (C=O) groups is 7. The van der Waals surface area contributed by atoms with Gasteiger partial charge in [-0.25, -0.2) is 98.2 Å². The summed E-state index contributed by atoms with van der Waals surface area (Å²) < 4.78 is 151. The first kappa shape index (κ1) is 90.0. The van der Waals surface area contributed by atoms with E-state index in [0.717, 1.165) is 32.4 Å². The van der Waals surface area contributed by atoms with E-state index in [1.54, 1.807) is 17.0 Å². The van der Waals surface area contributed by atoms with Crippen LogP contribution < -0.4 is 22.8 Å². The minimum Gasteiger partial charge on any atom is -0.477 e. The molecule has 0 radical (unpaired) electrons. The molecule has 29 nitrogen and oxygen atoms in total. The Bertz CT molecular complexity index is 5880. The molecule has 630 valence electrons. The van der Waals surface area contributed by atoms with Crippen molar-refractivity contribution >= 4 is 42.0 Å². The number of imidazole rings is 6. The molecule has 0 atom stereocenters. The average Bonchev–Trinajstić information content (AvgIpc) is 1.54. The van der Waals surface area contributed by atoms with Crippen molar-refractivity contribution in [3.8, 4) is 68.3 Å². The van der Waals surface area contributed by atoms with E-state index in [0.29, 0.717) is 93.4 Å². The Hall–Kier alpha value is -15.9. The lowest BCUT2D eigenvalue weighted by Crippen LogP contribution is -2.52. The number of H-pyrrole nitrogens is 3. The van der Waals surface area contributed by atoms with Gasteiger partial charge in [0.25, 0.3) is 11.8 Å². The second-order valence-corrected chi connectivity index (χ2v) is 25.5. The van der Waals surface area contributed by atoms with E-state index in [4.69, 9.17) is 27.7 Å². The molecule has 1 aliphatic rings. The number of rotatable bonds is 15. The number of aromatic amines is 3. The monoisotopic (exact) mass is 1690 g/mol. The van der Waals surface area contributed by atoms with Crippen LogP contribution in [0.1, 0.15) is 91.7 Å². The molecular weight excluding hydrogens is 1620 g/mol. The SMILES string of the molecule is COC(=O)c1cnc(-c2ccc(F)cc2)[nH]1.COC(=O)c1cnc(-c2ccc(F)cc2)n1N.Fc1ccc(-c2ncc(C(F)(F)F)[nH]2)cc1.Nn1c(C(=O)NCC2(O)CCN(C(=O)c3ccc(F)cc3)CC2)cnc1-c1ccc(F)cc1.Nn1c(C(=O)O)cnc1-c1ccc(F)cc1.O=C(O)c1cnc(-c2ccc(F)cc2)[nH]1.O=Cc1ccc(F)cc1. The normalized spacial score (nSPS) is 11.7. The van der Waals surface area contributed by atoms with Crippen LogP contribution in [-0.4, -0.2) is 161 Å². The van der Waals surface area contributed by atoms with E-state index in [-0.39, 0.29) is 94.5 Å². The van der Waals surface area contributed by atoms with Crippen LogP contribution >= 0.6 is 0 Å². The van der Waals surface area contributed by atoms with Crippen molar-refractivity contribution in [2.24, 2.45) is 0 Å². The summed E-state index contributed by atoms with van der Waals surface area (Å²) in [5.74, 6) is 12.2. The maximum Gasteiger partial charge on any atom is 0.432 e. The van der Waals surface area contributed by atoms with Gasteiger partial charge in [-0.05, 0) is 207 Å². The molecule has 1 aliphatic heterocycles. The molecular formula is C82H68F11N17O12. The number of aromatic nitrogens is 12. The minimum atomic E-state index is -4.45. The van der Waals surface area contributed by atoms with E-state index in [2.05, 4.69) is 59.6 Å². The lowest BCUT2D eigenvalue weighted by Gasteiger charge is -2.38. The van der Waals surface area contributed by atoms with Crippen LogP contribution in [0.3, 0.4) is 0 Å². The maximum absolute atomic E-state index is 13.1. The molecule has 122 heavy (non-hydrogen) atoms. The van der Waals surface area contributed by atoms with Crippen molar-refractivity contribution in [1.82, 2.24) is 69.1 Å². The Morgan fingerprint density at radius 1 is 0.434 bits per heavy atom. The molecule has 0 bridgehead atoms. The predicted molar refractivity (Wildman–Crippen MR) is 417 cm³/mol. The number of aliphatic hydroxyl groups is 1. The van der Waals surface area contributed by atoms with Crippen molar-refractivity contribution in [2.75, 3.05) is 51.4 Å². The third-order valence-electron chi connectivity index (χ3n) is 17.2. The van der Waals surface area contributed by atoms with Crippen LogP contribution in [0.25, 0.3) is 68.3 Å². The molecule has 6 aromatic heterocycles. The zero-order valence-electron chi connectivity index (χ0n) is 63.4. The first-order chi connectivity index (χ1) is 58.1. The zero-order chi connectivity index (χ0) is 88.5. The van der Waals surface area contributed by atoms with Crippen LogP contribution in [0.4, 0.5) is 48.3 Å². The molecule has 2 amide bonds. The van der Waals surface area contributed by atoms with Gasteiger partial charge >= 0.3 is 30.1 Å². The number of nitrogen functional groups attached to an aromatic ring is 3. The van der Waals surface area contributed by atoms with Gasteiger partial charge in [-0.1, -0.05) is 0 Å². The number of alkyl halides is 3. The number of nitrogens with two attached hydrogens (primary N) is 3. The van der Waals surface area contributed by atoms with Crippen LogP contribution in [0, 0.1) is 46.5 Å². The molecule has 8 aromatic carbocycles. The molecule has 0 aliphatic carbocycles.